The average Bonchev–Trinajstić information content (AvgIpc) is 3.12. The monoisotopic (exact) mass is 259 g/mol. The summed E-state index contributed by atoms with van der Waals surface area (Å²) in [6.45, 7) is 1.68. The first-order chi connectivity index (χ1) is 9.29. The Balaban J connectivity index is 1.53. The first kappa shape index (κ1) is 12.2. The van der Waals surface area contributed by atoms with Gasteiger partial charge in [-0.05, 0) is 43.0 Å². The Kier molecular flexibility index (Phi) is 3.46. The third-order valence-electron chi connectivity index (χ3n) is 3.21. The van der Waals surface area contributed by atoms with Crippen LogP contribution in [0.15, 0.2) is 28.8 Å². The second kappa shape index (κ2) is 5.40. The molecule has 0 saturated heterocycles. The molecule has 3 rings (SSSR count). The van der Waals surface area contributed by atoms with E-state index >= 15 is 0 Å². The molecule has 100 valence electrons. The predicted octanol–water partition coefficient (Wildman–Crippen LogP) is 1.87. The Hall–Kier alpha value is -1.88. The Bertz CT molecular complexity index is 532. The van der Waals surface area contributed by atoms with Gasteiger partial charge < -0.3 is 14.9 Å². The van der Waals surface area contributed by atoms with Gasteiger partial charge in [0.25, 0.3) is 0 Å². The third kappa shape index (κ3) is 3.54. The molecule has 19 heavy (non-hydrogen) atoms. The van der Waals surface area contributed by atoms with Gasteiger partial charge in [0.2, 0.25) is 5.89 Å². The smallest absolute Gasteiger partial charge is 0.240 e. The molecular weight excluding hydrogens is 242 g/mol. The molecule has 1 saturated carbocycles. The number of nitrogens with one attached hydrogen (secondary N) is 1. The average molecular weight is 259 g/mol. The van der Waals surface area contributed by atoms with E-state index in [0.717, 1.165) is 18.0 Å². The number of phenolic OH excluding ortho intramolecular Hbond substituents is 1. The lowest BCUT2D eigenvalue weighted by Crippen LogP contribution is -2.16. The molecule has 5 nitrogen and oxygen atoms in total. The quantitative estimate of drug-likeness (QED) is 0.828. The fourth-order valence-corrected chi connectivity index (χ4v) is 1.94. The number of phenols is 1. The van der Waals surface area contributed by atoms with Crippen LogP contribution in [-0.4, -0.2) is 21.8 Å². The summed E-state index contributed by atoms with van der Waals surface area (Å²) in [5, 5.41) is 16.5. The maximum Gasteiger partial charge on any atom is 0.240 e. The largest absolute Gasteiger partial charge is 0.508 e. The summed E-state index contributed by atoms with van der Waals surface area (Å²) in [6.07, 6.45) is 3.29. The lowest BCUT2D eigenvalue weighted by molar-refractivity contribution is 0.362. The van der Waals surface area contributed by atoms with Crippen LogP contribution in [-0.2, 0) is 13.0 Å². The highest BCUT2D eigenvalue weighted by atomic mass is 16.5. The van der Waals surface area contributed by atoms with Crippen molar-refractivity contribution in [2.24, 2.45) is 5.92 Å². The lowest BCUT2D eigenvalue weighted by Gasteiger charge is -1.97. The number of aromatic hydroxyl groups is 1. The first-order valence-corrected chi connectivity index (χ1v) is 6.60. The van der Waals surface area contributed by atoms with Crippen molar-refractivity contribution in [1.29, 1.82) is 0 Å². The fourth-order valence-electron chi connectivity index (χ4n) is 1.94. The third-order valence-corrected chi connectivity index (χ3v) is 3.21. The Labute approximate surface area is 111 Å². The van der Waals surface area contributed by atoms with Crippen molar-refractivity contribution < 1.29 is 9.63 Å². The molecule has 1 aromatic carbocycles. The van der Waals surface area contributed by atoms with E-state index in [1.807, 2.05) is 12.1 Å². The molecule has 0 unspecified atom stereocenters. The highest BCUT2D eigenvalue weighted by Gasteiger charge is 2.20. The van der Waals surface area contributed by atoms with Crippen LogP contribution in [0.5, 0.6) is 5.75 Å². The van der Waals surface area contributed by atoms with Crippen molar-refractivity contribution in [1.82, 2.24) is 15.5 Å². The summed E-state index contributed by atoms with van der Waals surface area (Å²) in [5.41, 5.74) is 1.05. The van der Waals surface area contributed by atoms with Gasteiger partial charge in [-0.15, -0.1) is 0 Å². The van der Waals surface area contributed by atoms with E-state index in [1.165, 1.54) is 12.8 Å². The molecule has 1 fully saturated rings. The zero-order valence-corrected chi connectivity index (χ0v) is 10.7. The summed E-state index contributed by atoms with van der Waals surface area (Å²) in [4.78, 5) is 4.34. The molecule has 0 atom stereocenters. The van der Waals surface area contributed by atoms with Crippen molar-refractivity contribution in [2.75, 3.05) is 6.54 Å². The van der Waals surface area contributed by atoms with E-state index < -0.39 is 0 Å². The van der Waals surface area contributed by atoms with Crippen LogP contribution in [0.2, 0.25) is 0 Å². The van der Waals surface area contributed by atoms with E-state index in [9.17, 15) is 5.11 Å². The molecule has 0 aliphatic heterocycles. The maximum absolute atomic E-state index is 9.22. The second-order valence-corrected chi connectivity index (χ2v) is 5.02. The number of aromatic nitrogens is 2. The Morgan fingerprint density at radius 3 is 2.79 bits per heavy atom. The van der Waals surface area contributed by atoms with Gasteiger partial charge in [0.05, 0.1) is 6.54 Å². The molecule has 2 N–H and O–H groups in total. The minimum Gasteiger partial charge on any atom is -0.508 e. The van der Waals surface area contributed by atoms with Crippen LogP contribution in [0.25, 0.3) is 0 Å². The number of nitrogens with zero attached hydrogens (tertiary/aromatic N) is 2. The predicted molar refractivity (Wildman–Crippen MR) is 69.6 cm³/mol. The van der Waals surface area contributed by atoms with Gasteiger partial charge in [-0.2, -0.15) is 4.98 Å². The van der Waals surface area contributed by atoms with Gasteiger partial charge in [0.15, 0.2) is 5.82 Å². The molecule has 0 radical (unpaired) electrons. The summed E-state index contributed by atoms with van der Waals surface area (Å²) in [7, 11) is 0. The minimum atomic E-state index is 0.266. The summed E-state index contributed by atoms with van der Waals surface area (Å²) in [6, 6.07) is 7.04. The van der Waals surface area contributed by atoms with E-state index in [-0.39, 0.29) is 5.75 Å². The molecule has 0 bridgehead atoms. The van der Waals surface area contributed by atoms with Gasteiger partial charge in [0.1, 0.15) is 5.75 Å². The topological polar surface area (TPSA) is 71.2 Å². The van der Waals surface area contributed by atoms with Gasteiger partial charge in [-0.3, -0.25) is 0 Å². The SMILES string of the molecule is Oc1ccc(Cc2noc(CNCC3CC3)n2)cc1. The summed E-state index contributed by atoms with van der Waals surface area (Å²) >= 11 is 0. The van der Waals surface area contributed by atoms with Crippen molar-refractivity contribution in [3.63, 3.8) is 0 Å². The zero-order valence-electron chi connectivity index (χ0n) is 10.7. The van der Waals surface area contributed by atoms with Gasteiger partial charge >= 0.3 is 0 Å². The second-order valence-electron chi connectivity index (χ2n) is 5.02. The fraction of sp³-hybridized carbons (Fsp3) is 0.429. The van der Waals surface area contributed by atoms with Gasteiger partial charge in [-0.1, -0.05) is 17.3 Å². The van der Waals surface area contributed by atoms with Crippen molar-refractivity contribution in [3.05, 3.63) is 41.5 Å². The van der Waals surface area contributed by atoms with Crippen LogP contribution in [0.1, 0.15) is 30.1 Å². The van der Waals surface area contributed by atoms with Crippen molar-refractivity contribution >= 4 is 0 Å². The molecule has 2 aromatic rings. The minimum absolute atomic E-state index is 0.266. The van der Waals surface area contributed by atoms with E-state index in [1.54, 1.807) is 12.1 Å². The van der Waals surface area contributed by atoms with E-state index in [4.69, 9.17) is 4.52 Å². The van der Waals surface area contributed by atoms with Crippen LogP contribution in [0, 0.1) is 5.92 Å². The van der Waals surface area contributed by atoms with Crippen LogP contribution in [0.4, 0.5) is 0 Å². The number of benzene rings is 1. The molecular formula is C14H17N3O2. The standard InChI is InChI=1S/C14H17N3O2/c18-12-5-3-10(4-6-12)7-13-16-14(19-17-13)9-15-8-11-1-2-11/h3-6,11,15,18H,1-2,7-9H2. The molecule has 1 aromatic heterocycles. The number of rotatable bonds is 6. The lowest BCUT2D eigenvalue weighted by atomic mass is 10.1. The van der Waals surface area contributed by atoms with Crippen molar-refractivity contribution in [2.45, 2.75) is 25.8 Å². The summed E-state index contributed by atoms with van der Waals surface area (Å²) < 4.78 is 5.19. The molecule has 1 heterocycles. The Morgan fingerprint density at radius 2 is 2.05 bits per heavy atom. The van der Waals surface area contributed by atoms with Crippen LogP contribution >= 0.6 is 0 Å². The number of hydrogen-bond acceptors (Lipinski definition) is 5. The number of hydrogen-bond donors (Lipinski definition) is 2. The highest BCUT2D eigenvalue weighted by molar-refractivity contribution is 5.27. The van der Waals surface area contributed by atoms with Crippen LogP contribution in [0.3, 0.4) is 0 Å². The molecule has 5 heteroatoms. The van der Waals surface area contributed by atoms with Crippen LogP contribution < -0.4 is 5.32 Å². The molecule has 0 spiro atoms. The first-order valence-electron chi connectivity index (χ1n) is 6.60. The van der Waals surface area contributed by atoms with E-state index in [2.05, 4.69) is 15.5 Å². The van der Waals surface area contributed by atoms with Crippen molar-refractivity contribution in [3.8, 4) is 5.75 Å². The maximum atomic E-state index is 9.22. The molecule has 0 amide bonds. The molecule has 1 aliphatic carbocycles. The highest BCUT2D eigenvalue weighted by Crippen LogP contribution is 2.27. The normalized spacial score (nSPS) is 14.7. The van der Waals surface area contributed by atoms with Gasteiger partial charge in [-0.25, -0.2) is 0 Å². The van der Waals surface area contributed by atoms with Gasteiger partial charge in [0, 0.05) is 6.42 Å². The zero-order chi connectivity index (χ0) is 13.1. The Morgan fingerprint density at radius 1 is 1.26 bits per heavy atom. The summed E-state index contributed by atoms with van der Waals surface area (Å²) in [5.74, 6) is 2.42. The molecule has 1 aliphatic rings. The van der Waals surface area contributed by atoms with E-state index in [0.29, 0.717) is 24.7 Å².